The Labute approximate surface area is 192 Å². The third-order valence-corrected chi connectivity index (χ3v) is 7.21. The quantitative estimate of drug-likeness (QED) is 0.292. The first-order valence-electron chi connectivity index (χ1n) is 10.1. The highest BCUT2D eigenvalue weighted by Crippen LogP contribution is 2.47. The lowest BCUT2D eigenvalue weighted by Gasteiger charge is -2.20. The van der Waals surface area contributed by atoms with E-state index in [2.05, 4.69) is 26.9 Å². The van der Waals surface area contributed by atoms with Gasteiger partial charge < -0.3 is 8.98 Å². The lowest BCUT2D eigenvalue weighted by Crippen LogP contribution is -2.08. The van der Waals surface area contributed by atoms with Gasteiger partial charge >= 0.3 is 0 Å². The average molecular weight is 465 g/mol. The number of hydrogen-bond acceptors (Lipinski definition) is 5. The number of hydrogen-bond donors (Lipinski definition) is 1. The maximum absolute atomic E-state index is 6.21. The molecular formula is C23H17ClN4OS2. The molecule has 0 amide bonds. The van der Waals surface area contributed by atoms with Crippen molar-refractivity contribution in [2.24, 2.45) is 0 Å². The van der Waals surface area contributed by atoms with Gasteiger partial charge in [-0.05, 0) is 78.9 Å². The van der Waals surface area contributed by atoms with Gasteiger partial charge in [-0.3, -0.25) is 0 Å². The van der Waals surface area contributed by atoms with Crippen molar-refractivity contribution in [1.29, 1.82) is 0 Å². The SMILES string of the molecule is S=c1[nH]nc(-c2sc3nc4c(c(-c5ccc(Cl)cc5)c3c2-n2cccc2)CCCC4)o1. The molecule has 1 aliphatic rings. The van der Waals surface area contributed by atoms with E-state index in [1.54, 1.807) is 11.3 Å². The summed E-state index contributed by atoms with van der Waals surface area (Å²) in [6, 6.07) is 12.1. The molecular weight excluding hydrogens is 448 g/mol. The van der Waals surface area contributed by atoms with Crippen molar-refractivity contribution < 1.29 is 4.42 Å². The van der Waals surface area contributed by atoms with Crippen molar-refractivity contribution in [2.75, 3.05) is 0 Å². The summed E-state index contributed by atoms with van der Waals surface area (Å²) < 4.78 is 7.83. The fourth-order valence-electron chi connectivity index (χ4n) is 4.41. The van der Waals surface area contributed by atoms with E-state index >= 15 is 0 Å². The third-order valence-electron chi connectivity index (χ3n) is 5.72. The number of thiophene rings is 1. The Morgan fingerprint density at radius 2 is 1.87 bits per heavy atom. The fraction of sp³-hybridized carbons (Fsp3) is 0.174. The lowest BCUT2D eigenvalue weighted by molar-refractivity contribution is 0.553. The molecule has 6 rings (SSSR count). The number of benzene rings is 1. The smallest absolute Gasteiger partial charge is 0.284 e. The van der Waals surface area contributed by atoms with Gasteiger partial charge in [0.1, 0.15) is 9.71 Å². The van der Waals surface area contributed by atoms with E-state index in [0.29, 0.717) is 5.89 Å². The number of nitrogens with one attached hydrogen (secondary N) is 1. The molecule has 154 valence electrons. The molecule has 0 saturated carbocycles. The van der Waals surface area contributed by atoms with Gasteiger partial charge in [0.25, 0.3) is 10.7 Å². The molecule has 0 aliphatic heterocycles. The highest BCUT2D eigenvalue weighted by molar-refractivity contribution is 7.71. The van der Waals surface area contributed by atoms with Crippen LogP contribution in [-0.4, -0.2) is 19.7 Å². The van der Waals surface area contributed by atoms with Crippen molar-refractivity contribution >= 4 is 45.4 Å². The third kappa shape index (κ3) is 3.15. The minimum absolute atomic E-state index is 0.260. The first-order chi connectivity index (χ1) is 15.2. The fourth-order valence-corrected chi connectivity index (χ4v) is 5.79. The molecule has 4 heterocycles. The zero-order chi connectivity index (χ0) is 20.9. The van der Waals surface area contributed by atoms with E-state index < -0.39 is 0 Å². The predicted molar refractivity (Wildman–Crippen MR) is 127 cm³/mol. The molecule has 4 aromatic heterocycles. The monoisotopic (exact) mass is 464 g/mol. The van der Waals surface area contributed by atoms with Crippen LogP contribution in [0.5, 0.6) is 0 Å². The number of halogens is 1. The number of rotatable bonds is 3. The van der Waals surface area contributed by atoms with E-state index in [4.69, 9.17) is 33.2 Å². The van der Waals surface area contributed by atoms with E-state index in [1.807, 2.05) is 36.7 Å². The molecule has 1 aliphatic carbocycles. The van der Waals surface area contributed by atoms with Crippen LogP contribution in [-0.2, 0) is 12.8 Å². The summed E-state index contributed by atoms with van der Waals surface area (Å²) in [6.07, 6.45) is 8.44. The van der Waals surface area contributed by atoms with Gasteiger partial charge in [-0.1, -0.05) is 23.7 Å². The minimum Gasteiger partial charge on any atom is -0.408 e. The van der Waals surface area contributed by atoms with Gasteiger partial charge in [-0.2, -0.15) is 0 Å². The van der Waals surface area contributed by atoms with Gasteiger partial charge in [-0.25, -0.2) is 10.1 Å². The van der Waals surface area contributed by atoms with E-state index in [9.17, 15) is 0 Å². The van der Waals surface area contributed by atoms with Gasteiger partial charge in [-0.15, -0.1) is 16.4 Å². The maximum atomic E-state index is 6.21. The number of nitrogens with zero attached hydrogens (tertiary/aromatic N) is 3. The number of aryl methyl sites for hydroxylation is 1. The molecule has 0 bridgehead atoms. The first kappa shape index (κ1) is 19.0. The number of pyridine rings is 1. The Morgan fingerprint density at radius 3 is 2.61 bits per heavy atom. The second-order valence-electron chi connectivity index (χ2n) is 7.59. The second kappa shape index (κ2) is 7.44. The van der Waals surface area contributed by atoms with Crippen LogP contribution < -0.4 is 0 Å². The van der Waals surface area contributed by atoms with Gasteiger partial charge in [0, 0.05) is 28.5 Å². The molecule has 31 heavy (non-hydrogen) atoms. The van der Waals surface area contributed by atoms with E-state index in [0.717, 1.165) is 44.2 Å². The summed E-state index contributed by atoms with van der Waals surface area (Å²) in [5, 5.41) is 8.92. The number of fused-ring (bicyclic) bond motifs is 2. The lowest BCUT2D eigenvalue weighted by atomic mass is 9.87. The molecule has 0 unspecified atom stereocenters. The van der Waals surface area contributed by atoms with Crippen molar-refractivity contribution in [3.05, 3.63) is 69.9 Å². The van der Waals surface area contributed by atoms with Crippen molar-refractivity contribution in [3.8, 4) is 27.6 Å². The molecule has 8 heteroatoms. The molecule has 1 N–H and O–H groups in total. The van der Waals surface area contributed by atoms with Crippen LogP contribution >= 0.6 is 35.2 Å². The van der Waals surface area contributed by atoms with E-state index in [-0.39, 0.29) is 4.84 Å². The van der Waals surface area contributed by atoms with Crippen LogP contribution in [0.4, 0.5) is 0 Å². The van der Waals surface area contributed by atoms with Crippen LogP contribution in [0.1, 0.15) is 24.1 Å². The van der Waals surface area contributed by atoms with E-state index in [1.165, 1.54) is 29.7 Å². The summed E-state index contributed by atoms with van der Waals surface area (Å²) >= 11 is 12.9. The van der Waals surface area contributed by atoms with Gasteiger partial charge in [0.2, 0.25) is 0 Å². The Balaban J connectivity index is 1.77. The van der Waals surface area contributed by atoms with Gasteiger partial charge in [0.15, 0.2) is 0 Å². The largest absolute Gasteiger partial charge is 0.408 e. The number of aromatic nitrogens is 4. The zero-order valence-electron chi connectivity index (χ0n) is 16.4. The molecule has 0 radical (unpaired) electrons. The molecule has 0 spiro atoms. The Morgan fingerprint density at radius 1 is 1.10 bits per heavy atom. The first-order valence-corrected chi connectivity index (χ1v) is 11.7. The normalized spacial score (nSPS) is 13.6. The van der Waals surface area contributed by atoms with Crippen LogP contribution in [0.15, 0.2) is 53.2 Å². The number of aromatic amines is 1. The Bertz CT molecular complexity index is 1460. The molecule has 1 aromatic carbocycles. The summed E-state index contributed by atoms with van der Waals surface area (Å²) in [6.45, 7) is 0. The average Bonchev–Trinajstić information content (AvgIpc) is 3.52. The molecule has 5 nitrogen and oxygen atoms in total. The maximum Gasteiger partial charge on any atom is 0.284 e. The van der Waals surface area contributed by atoms with Crippen LogP contribution in [0, 0.1) is 4.84 Å². The zero-order valence-corrected chi connectivity index (χ0v) is 18.8. The summed E-state index contributed by atoms with van der Waals surface area (Å²) in [4.78, 5) is 7.26. The summed E-state index contributed by atoms with van der Waals surface area (Å²) in [5.41, 5.74) is 5.92. The highest BCUT2D eigenvalue weighted by atomic mass is 35.5. The minimum atomic E-state index is 0.260. The van der Waals surface area contributed by atoms with Crippen molar-refractivity contribution in [3.63, 3.8) is 0 Å². The molecule has 0 saturated heterocycles. The molecule has 0 fully saturated rings. The molecule has 0 atom stereocenters. The van der Waals surface area contributed by atoms with Gasteiger partial charge in [0.05, 0.1) is 5.69 Å². The van der Waals surface area contributed by atoms with Crippen LogP contribution in [0.3, 0.4) is 0 Å². The van der Waals surface area contributed by atoms with Crippen LogP contribution in [0.2, 0.25) is 5.02 Å². The molecule has 5 aromatic rings. The number of H-pyrrole nitrogens is 1. The highest BCUT2D eigenvalue weighted by Gasteiger charge is 2.27. The summed E-state index contributed by atoms with van der Waals surface area (Å²) in [5.74, 6) is 0.483. The van der Waals surface area contributed by atoms with Crippen molar-refractivity contribution in [1.82, 2.24) is 19.7 Å². The second-order valence-corrected chi connectivity index (χ2v) is 9.40. The predicted octanol–water partition coefficient (Wildman–Crippen LogP) is 7.00. The topological polar surface area (TPSA) is 59.6 Å². The Kier molecular flexibility index (Phi) is 4.56. The summed E-state index contributed by atoms with van der Waals surface area (Å²) in [7, 11) is 0. The van der Waals surface area contributed by atoms with Crippen LogP contribution in [0.25, 0.3) is 37.8 Å². The Hall–Kier alpha value is -2.74. The van der Waals surface area contributed by atoms with Crippen molar-refractivity contribution in [2.45, 2.75) is 25.7 Å². The standard InChI is InChI=1S/C23H17ClN4OS2/c24-14-9-7-13(8-10-14)17-15-5-1-2-6-16(15)25-22-18(17)19(28-11-3-4-12-28)20(31-22)21-26-27-23(30)29-21/h3-4,7-12H,1-2,5-6H2,(H,27,30).